The van der Waals surface area contributed by atoms with Gasteiger partial charge in [-0.15, -0.1) is 24.0 Å². The van der Waals surface area contributed by atoms with Gasteiger partial charge in [-0.25, -0.2) is 9.38 Å². The molecule has 17 heavy (non-hydrogen) atoms. The third-order valence-corrected chi connectivity index (χ3v) is 2.12. The smallest absolute Gasteiger partial charge is 0.193 e. The Morgan fingerprint density at radius 3 is 2.53 bits per heavy atom. The van der Waals surface area contributed by atoms with E-state index in [9.17, 15) is 4.39 Å². The molecule has 0 bridgehead atoms. The van der Waals surface area contributed by atoms with Crippen molar-refractivity contribution in [2.24, 2.45) is 4.99 Å². The van der Waals surface area contributed by atoms with Crippen LogP contribution in [-0.4, -0.2) is 31.5 Å². The van der Waals surface area contributed by atoms with Gasteiger partial charge in [0.1, 0.15) is 5.82 Å². The fourth-order valence-corrected chi connectivity index (χ4v) is 1.30. The van der Waals surface area contributed by atoms with E-state index in [2.05, 4.69) is 10.3 Å². The van der Waals surface area contributed by atoms with Crippen molar-refractivity contribution in [1.82, 2.24) is 10.2 Å². The van der Waals surface area contributed by atoms with Gasteiger partial charge in [0, 0.05) is 26.2 Å². The Hall–Kier alpha value is -0.850. The van der Waals surface area contributed by atoms with E-state index in [1.54, 1.807) is 12.1 Å². The minimum Gasteiger partial charge on any atom is -0.357 e. The van der Waals surface area contributed by atoms with Crippen molar-refractivity contribution in [3.63, 3.8) is 0 Å². The summed E-state index contributed by atoms with van der Waals surface area (Å²) in [6.45, 7) is 3.16. The molecule has 0 heterocycles. The summed E-state index contributed by atoms with van der Waals surface area (Å²) in [6, 6.07) is 6.70. The number of rotatable bonds is 3. The highest BCUT2D eigenvalue weighted by Crippen LogP contribution is 2.07. The van der Waals surface area contributed by atoms with E-state index in [-0.39, 0.29) is 29.8 Å². The average molecular weight is 351 g/mol. The van der Waals surface area contributed by atoms with Gasteiger partial charge in [-0.1, -0.05) is 18.2 Å². The van der Waals surface area contributed by atoms with Crippen molar-refractivity contribution in [2.45, 2.75) is 13.5 Å². The highest BCUT2D eigenvalue weighted by atomic mass is 127. The Bertz CT molecular complexity index is 367. The first-order chi connectivity index (χ1) is 7.65. The Morgan fingerprint density at radius 2 is 2.00 bits per heavy atom. The van der Waals surface area contributed by atoms with Crippen LogP contribution in [0.5, 0.6) is 0 Å². The predicted octanol–water partition coefficient (Wildman–Crippen LogP) is 2.47. The highest BCUT2D eigenvalue weighted by Gasteiger charge is 2.02. The molecule has 0 atom stereocenters. The molecule has 0 aliphatic heterocycles. The molecule has 0 radical (unpaired) electrons. The quantitative estimate of drug-likeness (QED) is 0.515. The number of nitrogens with zero attached hydrogens (tertiary/aromatic N) is 2. The van der Waals surface area contributed by atoms with E-state index < -0.39 is 0 Å². The van der Waals surface area contributed by atoms with Crippen LogP contribution in [0.1, 0.15) is 12.5 Å². The van der Waals surface area contributed by atoms with Gasteiger partial charge in [0.05, 0.1) is 6.54 Å². The van der Waals surface area contributed by atoms with Crippen LogP contribution in [0.2, 0.25) is 0 Å². The van der Waals surface area contributed by atoms with Gasteiger partial charge >= 0.3 is 0 Å². The second-order valence-corrected chi connectivity index (χ2v) is 3.66. The van der Waals surface area contributed by atoms with Gasteiger partial charge < -0.3 is 10.2 Å². The maximum atomic E-state index is 13.3. The maximum absolute atomic E-state index is 13.3. The fraction of sp³-hybridized carbons (Fsp3) is 0.417. The summed E-state index contributed by atoms with van der Waals surface area (Å²) in [7, 11) is 3.81. The van der Waals surface area contributed by atoms with Crippen LogP contribution < -0.4 is 5.32 Å². The van der Waals surface area contributed by atoms with E-state index in [4.69, 9.17) is 0 Å². The molecule has 5 heteroatoms. The van der Waals surface area contributed by atoms with Crippen LogP contribution in [0.15, 0.2) is 29.3 Å². The molecule has 0 aromatic heterocycles. The lowest BCUT2D eigenvalue weighted by molar-refractivity contribution is 0.578. The molecule has 1 N–H and O–H groups in total. The number of aliphatic imine (C=N–C) groups is 1. The number of hydrogen-bond donors (Lipinski definition) is 1. The first-order valence-corrected chi connectivity index (χ1v) is 5.34. The van der Waals surface area contributed by atoms with Gasteiger partial charge in [-0.2, -0.15) is 0 Å². The Kier molecular flexibility index (Phi) is 7.86. The molecule has 3 nitrogen and oxygen atoms in total. The molecule has 1 aromatic rings. The molecule has 0 amide bonds. The molecular formula is C12H19FIN3. The largest absolute Gasteiger partial charge is 0.357 e. The second-order valence-electron chi connectivity index (χ2n) is 3.66. The number of benzene rings is 1. The van der Waals surface area contributed by atoms with Crippen LogP contribution >= 0.6 is 24.0 Å². The molecule has 0 saturated carbocycles. The van der Waals surface area contributed by atoms with Gasteiger partial charge in [-0.3, -0.25) is 0 Å². The first-order valence-electron chi connectivity index (χ1n) is 5.34. The second kappa shape index (κ2) is 8.27. The molecule has 0 fully saturated rings. The molecule has 96 valence electrons. The van der Waals surface area contributed by atoms with Gasteiger partial charge in [0.15, 0.2) is 5.96 Å². The van der Waals surface area contributed by atoms with Crippen molar-refractivity contribution < 1.29 is 4.39 Å². The third kappa shape index (κ3) is 5.34. The lowest BCUT2D eigenvalue weighted by Crippen LogP contribution is -2.36. The minimum atomic E-state index is -0.208. The zero-order valence-corrected chi connectivity index (χ0v) is 12.7. The van der Waals surface area contributed by atoms with E-state index in [0.29, 0.717) is 12.1 Å². The molecule has 0 aliphatic carbocycles. The van der Waals surface area contributed by atoms with Crippen molar-refractivity contribution in [3.05, 3.63) is 35.6 Å². The summed E-state index contributed by atoms with van der Waals surface area (Å²) < 4.78 is 13.3. The number of nitrogens with one attached hydrogen (secondary N) is 1. The van der Waals surface area contributed by atoms with E-state index in [1.165, 1.54) is 6.07 Å². The lowest BCUT2D eigenvalue weighted by Gasteiger charge is -2.16. The first kappa shape index (κ1) is 16.1. The van der Waals surface area contributed by atoms with E-state index in [0.717, 1.165) is 12.5 Å². The highest BCUT2D eigenvalue weighted by molar-refractivity contribution is 14.0. The van der Waals surface area contributed by atoms with Gasteiger partial charge in [-0.05, 0) is 13.0 Å². The summed E-state index contributed by atoms with van der Waals surface area (Å²) >= 11 is 0. The standard InChI is InChI=1S/C12H18FN3.HI/c1-4-14-12(16(2)3)15-9-10-7-5-6-8-11(10)13;/h5-8H,4,9H2,1-3H3,(H,14,15);1H. The summed E-state index contributed by atoms with van der Waals surface area (Å²) in [5.41, 5.74) is 0.611. The van der Waals surface area contributed by atoms with Crippen LogP contribution in [0.3, 0.4) is 0 Å². The van der Waals surface area contributed by atoms with Crippen molar-refractivity contribution >= 4 is 29.9 Å². The summed E-state index contributed by atoms with van der Waals surface area (Å²) in [4.78, 5) is 6.21. The van der Waals surface area contributed by atoms with Crippen LogP contribution in [-0.2, 0) is 6.54 Å². The molecule has 1 rings (SSSR count). The minimum absolute atomic E-state index is 0. The van der Waals surface area contributed by atoms with Crippen LogP contribution in [0.25, 0.3) is 0 Å². The summed E-state index contributed by atoms with van der Waals surface area (Å²) in [5, 5.41) is 3.13. The monoisotopic (exact) mass is 351 g/mol. The zero-order valence-electron chi connectivity index (χ0n) is 10.4. The molecule has 1 aromatic carbocycles. The molecule has 0 saturated heterocycles. The van der Waals surface area contributed by atoms with E-state index >= 15 is 0 Å². The Balaban J connectivity index is 0.00000256. The number of hydrogen-bond acceptors (Lipinski definition) is 1. The molecule has 0 unspecified atom stereocenters. The van der Waals surface area contributed by atoms with E-state index in [1.807, 2.05) is 32.0 Å². The van der Waals surface area contributed by atoms with Crippen LogP contribution in [0.4, 0.5) is 4.39 Å². The van der Waals surface area contributed by atoms with Crippen LogP contribution in [0, 0.1) is 5.82 Å². The van der Waals surface area contributed by atoms with Crippen molar-refractivity contribution in [1.29, 1.82) is 0 Å². The predicted molar refractivity (Wildman–Crippen MR) is 80.3 cm³/mol. The van der Waals surface area contributed by atoms with Crippen molar-refractivity contribution in [2.75, 3.05) is 20.6 Å². The summed E-state index contributed by atoms with van der Waals surface area (Å²) in [6.07, 6.45) is 0. The third-order valence-electron chi connectivity index (χ3n) is 2.12. The molecular weight excluding hydrogens is 332 g/mol. The molecule has 0 spiro atoms. The lowest BCUT2D eigenvalue weighted by atomic mass is 10.2. The van der Waals surface area contributed by atoms with Gasteiger partial charge in [0.25, 0.3) is 0 Å². The Morgan fingerprint density at radius 1 is 1.35 bits per heavy atom. The number of halogens is 2. The maximum Gasteiger partial charge on any atom is 0.193 e. The molecule has 0 aliphatic rings. The fourth-order valence-electron chi connectivity index (χ4n) is 1.30. The van der Waals surface area contributed by atoms with Crippen molar-refractivity contribution in [3.8, 4) is 0 Å². The average Bonchev–Trinajstić information content (AvgIpc) is 2.26. The summed E-state index contributed by atoms with van der Waals surface area (Å²) in [5.74, 6) is 0.562. The normalized spacial score (nSPS) is 10.7. The zero-order chi connectivity index (χ0) is 12.0. The topological polar surface area (TPSA) is 27.6 Å². The number of guanidine groups is 1. The SMILES string of the molecule is CCNC(=NCc1ccccc1F)N(C)C.I. The Labute approximate surface area is 119 Å². The van der Waals surface area contributed by atoms with Gasteiger partial charge in [0.2, 0.25) is 0 Å².